The third-order valence-corrected chi connectivity index (χ3v) is 3.71. The van der Waals surface area contributed by atoms with E-state index in [0.29, 0.717) is 12.4 Å². The van der Waals surface area contributed by atoms with Gasteiger partial charge >= 0.3 is 0 Å². The Kier molecular flexibility index (Phi) is 9.31. The van der Waals surface area contributed by atoms with Crippen molar-refractivity contribution in [3.63, 3.8) is 0 Å². The van der Waals surface area contributed by atoms with Gasteiger partial charge < -0.3 is 14.7 Å². The summed E-state index contributed by atoms with van der Waals surface area (Å²) in [6.45, 7) is 10.3. The van der Waals surface area contributed by atoms with Gasteiger partial charge in [0.05, 0.1) is 18.8 Å². The van der Waals surface area contributed by atoms with Crippen LogP contribution in [0.25, 0.3) is 0 Å². The van der Waals surface area contributed by atoms with Crippen molar-refractivity contribution in [2.75, 3.05) is 25.4 Å². The summed E-state index contributed by atoms with van der Waals surface area (Å²) in [5.74, 6) is 0.599. The molecule has 0 aliphatic heterocycles. The zero-order chi connectivity index (χ0) is 12.6. The van der Waals surface area contributed by atoms with Crippen LogP contribution in [-0.2, 0) is 4.74 Å². The van der Waals surface area contributed by atoms with Gasteiger partial charge in [-0.05, 0) is 27.7 Å². The lowest BCUT2D eigenvalue weighted by molar-refractivity contribution is 0.0153. The van der Waals surface area contributed by atoms with E-state index in [4.69, 9.17) is 17.0 Å². The van der Waals surface area contributed by atoms with E-state index in [9.17, 15) is 5.11 Å². The third kappa shape index (κ3) is 7.44. The summed E-state index contributed by atoms with van der Waals surface area (Å²) in [7, 11) is 0. The summed E-state index contributed by atoms with van der Waals surface area (Å²) in [4.78, 5) is 2.11. The minimum atomic E-state index is -0.444. The number of rotatable bonds is 7. The number of hydrogen-bond acceptors (Lipinski definition) is 4. The van der Waals surface area contributed by atoms with Crippen LogP contribution in [-0.4, -0.2) is 52.0 Å². The fourth-order valence-electron chi connectivity index (χ4n) is 1.09. The van der Waals surface area contributed by atoms with E-state index < -0.39 is 6.10 Å². The van der Waals surface area contributed by atoms with E-state index in [2.05, 4.69) is 18.7 Å². The molecule has 3 nitrogen and oxygen atoms in total. The van der Waals surface area contributed by atoms with Crippen LogP contribution in [0, 0.1) is 0 Å². The van der Waals surface area contributed by atoms with Crippen molar-refractivity contribution in [1.29, 1.82) is 0 Å². The van der Waals surface area contributed by atoms with Crippen molar-refractivity contribution in [3.05, 3.63) is 0 Å². The Balaban J connectivity index is 3.73. The van der Waals surface area contributed by atoms with Gasteiger partial charge in [0.15, 0.2) is 0 Å². The van der Waals surface area contributed by atoms with E-state index in [1.807, 2.05) is 13.8 Å². The van der Waals surface area contributed by atoms with Crippen LogP contribution in [0.2, 0.25) is 0 Å². The second-order valence-electron chi connectivity index (χ2n) is 3.79. The highest BCUT2D eigenvalue weighted by atomic mass is 32.2. The quantitative estimate of drug-likeness (QED) is 0.713. The molecule has 5 heteroatoms. The molecule has 0 aliphatic rings. The minimum absolute atomic E-state index is 0.161. The van der Waals surface area contributed by atoms with Crippen molar-refractivity contribution in [2.45, 2.75) is 39.9 Å². The monoisotopic (exact) mass is 265 g/mol. The molecule has 0 fully saturated rings. The molecule has 16 heavy (non-hydrogen) atoms. The molecule has 0 radical (unpaired) electrons. The standard InChI is InChI=1S/C11H23NO2S2/c1-5-12(6-2)11(15)16-8-10(13)7-14-9(3)4/h9-10,13H,5-8H2,1-4H3. The fraction of sp³-hybridized carbons (Fsp3) is 0.909. The molecule has 1 unspecified atom stereocenters. The van der Waals surface area contributed by atoms with Gasteiger partial charge in [-0.15, -0.1) is 0 Å². The Morgan fingerprint density at radius 2 is 1.94 bits per heavy atom. The number of ether oxygens (including phenoxy) is 1. The first-order valence-electron chi connectivity index (χ1n) is 5.72. The Hall–Kier alpha value is 0.160. The molecule has 0 spiro atoms. The van der Waals surface area contributed by atoms with Crippen molar-refractivity contribution >= 4 is 28.3 Å². The molecule has 0 saturated carbocycles. The second kappa shape index (κ2) is 9.22. The smallest absolute Gasteiger partial charge is 0.136 e. The van der Waals surface area contributed by atoms with Crippen molar-refractivity contribution < 1.29 is 9.84 Å². The van der Waals surface area contributed by atoms with Crippen molar-refractivity contribution in [2.24, 2.45) is 0 Å². The first-order valence-corrected chi connectivity index (χ1v) is 7.11. The lowest BCUT2D eigenvalue weighted by atomic mass is 10.4. The topological polar surface area (TPSA) is 32.7 Å². The molecule has 0 aromatic rings. The molecule has 0 heterocycles. The van der Waals surface area contributed by atoms with Crippen LogP contribution >= 0.6 is 24.0 Å². The van der Waals surface area contributed by atoms with Gasteiger partial charge in [-0.25, -0.2) is 0 Å². The number of aliphatic hydroxyl groups excluding tert-OH is 1. The molecule has 0 bridgehead atoms. The van der Waals surface area contributed by atoms with Gasteiger partial charge in [0, 0.05) is 18.8 Å². The largest absolute Gasteiger partial charge is 0.390 e. The maximum Gasteiger partial charge on any atom is 0.136 e. The number of thioether (sulfide) groups is 1. The van der Waals surface area contributed by atoms with Gasteiger partial charge in [0.2, 0.25) is 0 Å². The normalized spacial score (nSPS) is 12.9. The van der Waals surface area contributed by atoms with E-state index in [1.54, 1.807) is 0 Å². The van der Waals surface area contributed by atoms with Crippen LogP contribution in [0.15, 0.2) is 0 Å². The van der Waals surface area contributed by atoms with Crippen molar-refractivity contribution in [3.8, 4) is 0 Å². The zero-order valence-corrected chi connectivity index (χ0v) is 12.2. The molecule has 1 atom stereocenters. The highest BCUT2D eigenvalue weighted by molar-refractivity contribution is 8.22. The van der Waals surface area contributed by atoms with Gasteiger partial charge in [0.25, 0.3) is 0 Å². The predicted molar refractivity (Wildman–Crippen MR) is 75.1 cm³/mol. The summed E-state index contributed by atoms with van der Waals surface area (Å²) in [5, 5.41) is 9.65. The van der Waals surface area contributed by atoms with Gasteiger partial charge in [-0.3, -0.25) is 0 Å². The fourth-order valence-corrected chi connectivity index (χ4v) is 2.43. The maximum atomic E-state index is 9.65. The van der Waals surface area contributed by atoms with Gasteiger partial charge in [0.1, 0.15) is 4.32 Å². The summed E-state index contributed by atoms with van der Waals surface area (Å²) < 4.78 is 6.18. The van der Waals surface area contributed by atoms with Crippen molar-refractivity contribution in [1.82, 2.24) is 4.90 Å². The highest BCUT2D eigenvalue weighted by Crippen LogP contribution is 2.11. The predicted octanol–water partition coefficient (Wildman–Crippen LogP) is 2.13. The minimum Gasteiger partial charge on any atom is -0.390 e. The summed E-state index contributed by atoms with van der Waals surface area (Å²) in [6, 6.07) is 0. The number of thiocarbonyl (C=S) groups is 1. The summed E-state index contributed by atoms with van der Waals surface area (Å²) in [5.41, 5.74) is 0. The molecule has 0 saturated heterocycles. The van der Waals surface area contributed by atoms with Crippen LogP contribution in [0.1, 0.15) is 27.7 Å². The van der Waals surface area contributed by atoms with Crippen LogP contribution in [0.5, 0.6) is 0 Å². The van der Waals surface area contributed by atoms with Crippen LogP contribution in [0.3, 0.4) is 0 Å². The molecule has 0 rings (SSSR count). The lowest BCUT2D eigenvalue weighted by Gasteiger charge is -2.21. The average Bonchev–Trinajstić information content (AvgIpc) is 2.25. The summed E-state index contributed by atoms with van der Waals surface area (Å²) >= 11 is 6.79. The lowest BCUT2D eigenvalue weighted by Crippen LogP contribution is -2.29. The molecule has 1 N–H and O–H groups in total. The first kappa shape index (κ1) is 16.2. The third-order valence-electron chi connectivity index (χ3n) is 2.04. The highest BCUT2D eigenvalue weighted by Gasteiger charge is 2.10. The van der Waals surface area contributed by atoms with E-state index in [-0.39, 0.29) is 6.10 Å². The first-order chi connectivity index (χ1) is 7.51. The molecular weight excluding hydrogens is 242 g/mol. The SMILES string of the molecule is CCN(CC)C(=S)SCC(O)COC(C)C. The zero-order valence-electron chi connectivity index (χ0n) is 10.6. The number of aliphatic hydroxyl groups is 1. The molecule has 0 aromatic heterocycles. The summed E-state index contributed by atoms with van der Waals surface area (Å²) in [6.07, 6.45) is -0.282. The molecular formula is C11H23NO2S2. The molecule has 0 amide bonds. The van der Waals surface area contributed by atoms with Gasteiger partial charge in [-0.1, -0.05) is 24.0 Å². The van der Waals surface area contributed by atoms with E-state index in [0.717, 1.165) is 17.4 Å². The molecule has 0 aliphatic carbocycles. The maximum absolute atomic E-state index is 9.65. The average molecular weight is 265 g/mol. The molecule has 96 valence electrons. The van der Waals surface area contributed by atoms with E-state index >= 15 is 0 Å². The van der Waals surface area contributed by atoms with Gasteiger partial charge in [-0.2, -0.15) is 0 Å². The van der Waals surface area contributed by atoms with E-state index in [1.165, 1.54) is 11.8 Å². The Morgan fingerprint density at radius 3 is 2.38 bits per heavy atom. The Morgan fingerprint density at radius 1 is 1.38 bits per heavy atom. The second-order valence-corrected chi connectivity index (χ2v) is 5.44. The van der Waals surface area contributed by atoms with Crippen LogP contribution < -0.4 is 0 Å². The number of nitrogens with zero attached hydrogens (tertiary/aromatic N) is 1. The Bertz CT molecular complexity index is 196. The number of hydrogen-bond donors (Lipinski definition) is 1. The Labute approximate surface area is 109 Å². The molecule has 0 aromatic carbocycles. The van der Waals surface area contributed by atoms with Crippen LogP contribution in [0.4, 0.5) is 0 Å².